The predicted octanol–water partition coefficient (Wildman–Crippen LogP) is 2.33. The molecular weight excluding hydrogens is 246 g/mol. The number of aryl methyl sites for hydroxylation is 1. The maximum absolute atomic E-state index is 9.64. The van der Waals surface area contributed by atoms with Gasteiger partial charge in [-0.3, -0.25) is 4.90 Å². The Morgan fingerprint density at radius 1 is 1.35 bits per heavy atom. The summed E-state index contributed by atoms with van der Waals surface area (Å²) in [4.78, 5) is 2.46. The molecule has 20 heavy (non-hydrogen) atoms. The van der Waals surface area contributed by atoms with Crippen LogP contribution in [0.5, 0.6) is 0 Å². The number of nitrogens with one attached hydrogen (secondary N) is 1. The van der Waals surface area contributed by atoms with Gasteiger partial charge in [0, 0.05) is 13.1 Å². The summed E-state index contributed by atoms with van der Waals surface area (Å²) < 4.78 is 0. The van der Waals surface area contributed by atoms with Gasteiger partial charge in [0.25, 0.3) is 0 Å². The molecular formula is C17H23N3. The largest absolute Gasteiger partial charge is 0.301 e. The third-order valence-corrected chi connectivity index (χ3v) is 4.83. The molecule has 1 unspecified atom stereocenters. The van der Waals surface area contributed by atoms with E-state index in [4.69, 9.17) is 0 Å². The molecule has 3 heteroatoms. The summed E-state index contributed by atoms with van der Waals surface area (Å²) in [6.45, 7) is 2.92. The molecule has 0 bridgehead atoms. The zero-order valence-electron chi connectivity index (χ0n) is 12.2. The summed E-state index contributed by atoms with van der Waals surface area (Å²) in [7, 11) is 1.94. The summed E-state index contributed by atoms with van der Waals surface area (Å²) in [5, 5.41) is 13.0. The Balaban J connectivity index is 1.76. The summed E-state index contributed by atoms with van der Waals surface area (Å²) in [5.41, 5.74) is 2.57. The summed E-state index contributed by atoms with van der Waals surface area (Å²) in [6, 6.07) is 11.3. The van der Waals surface area contributed by atoms with Crippen LogP contribution >= 0.6 is 0 Å². The Morgan fingerprint density at radius 2 is 2.10 bits per heavy atom. The fraction of sp³-hybridized carbons (Fsp3) is 0.588. The quantitative estimate of drug-likeness (QED) is 0.912. The normalized spacial score (nSPS) is 22.4. The number of likely N-dealkylation sites (N-methyl/N-ethyl adjacent to an activating group) is 1. The van der Waals surface area contributed by atoms with Crippen LogP contribution in [0.4, 0.5) is 0 Å². The lowest BCUT2D eigenvalue weighted by Crippen LogP contribution is -2.52. The van der Waals surface area contributed by atoms with E-state index in [1.807, 2.05) is 7.05 Å². The van der Waals surface area contributed by atoms with Crippen molar-refractivity contribution in [2.45, 2.75) is 37.8 Å². The number of rotatable bonds is 4. The highest BCUT2D eigenvalue weighted by Gasteiger charge is 2.45. The number of hydrogen-bond donors (Lipinski definition) is 1. The van der Waals surface area contributed by atoms with E-state index < -0.39 is 0 Å². The molecule has 1 heterocycles. The average molecular weight is 269 g/mol. The molecule has 1 aromatic carbocycles. The second-order valence-corrected chi connectivity index (χ2v) is 6.19. The molecule has 0 radical (unpaired) electrons. The van der Waals surface area contributed by atoms with Gasteiger partial charge in [-0.1, -0.05) is 24.3 Å². The van der Waals surface area contributed by atoms with Gasteiger partial charge >= 0.3 is 0 Å². The van der Waals surface area contributed by atoms with Crippen LogP contribution in [-0.2, 0) is 13.0 Å². The highest BCUT2D eigenvalue weighted by atomic mass is 15.2. The first-order valence-electron chi connectivity index (χ1n) is 7.67. The molecule has 1 N–H and O–H groups in total. The standard InChI is InChI=1S/C17H23N3/c1-19-17(12-18,16-8-9-16)13-20-10-4-7-14-5-2-3-6-15(14)11-20/h2-3,5-6,16,19H,4,7-11,13H2,1H3. The highest BCUT2D eigenvalue weighted by molar-refractivity contribution is 5.28. The van der Waals surface area contributed by atoms with Crippen molar-refractivity contribution in [2.75, 3.05) is 20.1 Å². The van der Waals surface area contributed by atoms with Crippen molar-refractivity contribution in [3.63, 3.8) is 0 Å². The van der Waals surface area contributed by atoms with Crippen LogP contribution in [0.3, 0.4) is 0 Å². The molecule has 106 valence electrons. The van der Waals surface area contributed by atoms with Crippen LogP contribution < -0.4 is 5.32 Å². The van der Waals surface area contributed by atoms with Gasteiger partial charge in [0.05, 0.1) is 6.07 Å². The van der Waals surface area contributed by atoms with Crippen LogP contribution in [-0.4, -0.2) is 30.6 Å². The Bertz CT molecular complexity index is 515. The molecule has 1 fully saturated rings. The molecule has 0 amide bonds. The Hall–Kier alpha value is -1.37. The third-order valence-electron chi connectivity index (χ3n) is 4.83. The van der Waals surface area contributed by atoms with E-state index in [2.05, 4.69) is 40.6 Å². The first-order valence-corrected chi connectivity index (χ1v) is 7.67. The Kier molecular flexibility index (Phi) is 3.78. The molecule has 2 aliphatic rings. The van der Waals surface area contributed by atoms with Crippen molar-refractivity contribution in [3.8, 4) is 6.07 Å². The summed E-state index contributed by atoms with van der Waals surface area (Å²) in [5.74, 6) is 0.538. The molecule has 3 rings (SSSR count). The molecule has 1 aliphatic heterocycles. The van der Waals surface area contributed by atoms with Crippen LogP contribution in [0.25, 0.3) is 0 Å². The lowest BCUT2D eigenvalue weighted by molar-refractivity contribution is 0.197. The lowest BCUT2D eigenvalue weighted by atomic mass is 9.94. The fourth-order valence-electron chi connectivity index (χ4n) is 3.43. The van der Waals surface area contributed by atoms with Crippen molar-refractivity contribution in [1.29, 1.82) is 5.26 Å². The molecule has 1 aromatic rings. The number of hydrogen-bond acceptors (Lipinski definition) is 3. The molecule has 0 spiro atoms. The smallest absolute Gasteiger partial charge is 0.122 e. The van der Waals surface area contributed by atoms with E-state index >= 15 is 0 Å². The molecule has 0 saturated heterocycles. The molecule has 1 aliphatic carbocycles. The van der Waals surface area contributed by atoms with Crippen molar-refractivity contribution >= 4 is 0 Å². The Morgan fingerprint density at radius 3 is 2.75 bits per heavy atom. The van der Waals surface area contributed by atoms with Gasteiger partial charge in [-0.2, -0.15) is 5.26 Å². The van der Waals surface area contributed by atoms with Gasteiger partial charge in [-0.05, 0) is 56.3 Å². The van der Waals surface area contributed by atoms with Crippen molar-refractivity contribution < 1.29 is 0 Å². The van der Waals surface area contributed by atoms with E-state index in [-0.39, 0.29) is 5.54 Å². The second-order valence-electron chi connectivity index (χ2n) is 6.19. The van der Waals surface area contributed by atoms with E-state index in [9.17, 15) is 5.26 Å². The molecule has 0 aromatic heterocycles. The SMILES string of the molecule is CNC(C#N)(CN1CCCc2ccccc2C1)C1CC1. The number of benzene rings is 1. The van der Waals surface area contributed by atoms with Crippen molar-refractivity contribution in [2.24, 2.45) is 5.92 Å². The lowest BCUT2D eigenvalue weighted by Gasteiger charge is -2.33. The van der Waals surface area contributed by atoms with E-state index in [0.717, 1.165) is 26.1 Å². The average Bonchev–Trinajstić information content (AvgIpc) is 3.31. The summed E-state index contributed by atoms with van der Waals surface area (Å²) >= 11 is 0. The van der Waals surface area contributed by atoms with Gasteiger partial charge in [-0.25, -0.2) is 0 Å². The minimum atomic E-state index is -0.348. The number of nitrogens with zero attached hydrogens (tertiary/aromatic N) is 2. The van der Waals surface area contributed by atoms with E-state index in [1.165, 1.54) is 30.4 Å². The van der Waals surface area contributed by atoms with Crippen LogP contribution in [0, 0.1) is 17.2 Å². The van der Waals surface area contributed by atoms with E-state index in [0.29, 0.717) is 5.92 Å². The van der Waals surface area contributed by atoms with Gasteiger partial charge in [0.2, 0.25) is 0 Å². The monoisotopic (exact) mass is 269 g/mol. The van der Waals surface area contributed by atoms with Gasteiger partial charge in [-0.15, -0.1) is 0 Å². The molecule has 3 nitrogen and oxygen atoms in total. The van der Waals surface area contributed by atoms with Gasteiger partial charge in [0.15, 0.2) is 0 Å². The first kappa shape index (κ1) is 13.6. The maximum atomic E-state index is 9.64. The summed E-state index contributed by atoms with van der Waals surface area (Å²) in [6.07, 6.45) is 4.74. The number of nitriles is 1. The van der Waals surface area contributed by atoms with Gasteiger partial charge in [0.1, 0.15) is 5.54 Å². The van der Waals surface area contributed by atoms with Crippen molar-refractivity contribution in [1.82, 2.24) is 10.2 Å². The van der Waals surface area contributed by atoms with Crippen LogP contribution in [0.2, 0.25) is 0 Å². The zero-order valence-corrected chi connectivity index (χ0v) is 12.2. The first-order chi connectivity index (χ1) is 9.77. The topological polar surface area (TPSA) is 39.1 Å². The minimum absolute atomic E-state index is 0.348. The maximum Gasteiger partial charge on any atom is 0.122 e. The number of fused-ring (bicyclic) bond motifs is 1. The highest BCUT2D eigenvalue weighted by Crippen LogP contribution is 2.40. The molecule has 1 saturated carbocycles. The predicted molar refractivity (Wildman–Crippen MR) is 80.2 cm³/mol. The fourth-order valence-corrected chi connectivity index (χ4v) is 3.43. The van der Waals surface area contributed by atoms with Crippen molar-refractivity contribution in [3.05, 3.63) is 35.4 Å². The van der Waals surface area contributed by atoms with Crippen LogP contribution in [0.15, 0.2) is 24.3 Å². The Labute approximate surface area is 121 Å². The van der Waals surface area contributed by atoms with E-state index in [1.54, 1.807) is 0 Å². The van der Waals surface area contributed by atoms with Gasteiger partial charge < -0.3 is 5.32 Å². The molecule has 1 atom stereocenters. The third kappa shape index (κ3) is 2.59. The minimum Gasteiger partial charge on any atom is -0.301 e. The zero-order chi connectivity index (χ0) is 14.0. The second kappa shape index (κ2) is 5.55. The van der Waals surface area contributed by atoms with Crippen LogP contribution in [0.1, 0.15) is 30.4 Å².